The van der Waals surface area contributed by atoms with Crippen molar-refractivity contribution in [1.82, 2.24) is 5.32 Å². The summed E-state index contributed by atoms with van der Waals surface area (Å²) in [5.74, 6) is 0.462. The standard InChI is InChI=1S/C14H16BrF3N2/c15-10-3-4-11(14(16,17)18)13(6-10)20-7-9-2-1-5-19-12(9)8-20/h3-4,6,9,12,19H,1-2,5,7-8H2. The summed E-state index contributed by atoms with van der Waals surface area (Å²) < 4.78 is 40.1. The molecule has 20 heavy (non-hydrogen) atoms. The first-order chi connectivity index (χ1) is 9.45. The minimum Gasteiger partial charge on any atom is -0.369 e. The normalized spacial score (nSPS) is 26.7. The minimum atomic E-state index is -4.31. The van der Waals surface area contributed by atoms with Gasteiger partial charge in [0, 0.05) is 23.6 Å². The first-order valence-corrected chi connectivity index (χ1v) is 7.59. The molecule has 0 saturated carbocycles. The summed E-state index contributed by atoms with van der Waals surface area (Å²) >= 11 is 3.28. The van der Waals surface area contributed by atoms with E-state index in [9.17, 15) is 13.2 Å². The number of halogens is 4. The highest BCUT2D eigenvalue weighted by Crippen LogP contribution is 2.40. The Labute approximate surface area is 124 Å². The fraction of sp³-hybridized carbons (Fsp3) is 0.571. The molecule has 3 rings (SSSR count). The lowest BCUT2D eigenvalue weighted by Gasteiger charge is -2.24. The Balaban J connectivity index is 1.92. The van der Waals surface area contributed by atoms with Crippen LogP contribution in [-0.4, -0.2) is 25.7 Å². The van der Waals surface area contributed by atoms with E-state index < -0.39 is 11.7 Å². The predicted molar refractivity (Wildman–Crippen MR) is 75.9 cm³/mol. The second kappa shape index (κ2) is 5.22. The molecule has 0 spiro atoms. The van der Waals surface area contributed by atoms with E-state index in [1.54, 1.807) is 6.07 Å². The zero-order valence-electron chi connectivity index (χ0n) is 10.9. The Bertz CT molecular complexity index is 490. The van der Waals surface area contributed by atoms with Gasteiger partial charge in [-0.2, -0.15) is 13.2 Å². The van der Waals surface area contributed by atoms with Crippen molar-refractivity contribution in [3.63, 3.8) is 0 Å². The van der Waals surface area contributed by atoms with Crippen molar-refractivity contribution >= 4 is 21.6 Å². The van der Waals surface area contributed by atoms with Gasteiger partial charge in [-0.1, -0.05) is 15.9 Å². The monoisotopic (exact) mass is 348 g/mol. The number of hydrogen-bond donors (Lipinski definition) is 1. The van der Waals surface area contributed by atoms with E-state index in [1.807, 2.05) is 4.90 Å². The molecule has 0 aliphatic carbocycles. The molecule has 1 aromatic carbocycles. The smallest absolute Gasteiger partial charge is 0.369 e. The Morgan fingerprint density at radius 1 is 1.25 bits per heavy atom. The molecule has 2 aliphatic rings. The van der Waals surface area contributed by atoms with Gasteiger partial charge in [0.2, 0.25) is 0 Å². The van der Waals surface area contributed by atoms with Crippen LogP contribution in [0.1, 0.15) is 18.4 Å². The summed E-state index contributed by atoms with van der Waals surface area (Å²) in [5.41, 5.74) is -0.248. The summed E-state index contributed by atoms with van der Waals surface area (Å²) in [6.45, 7) is 2.33. The van der Waals surface area contributed by atoms with Crippen LogP contribution in [0.4, 0.5) is 18.9 Å². The highest BCUT2D eigenvalue weighted by molar-refractivity contribution is 9.10. The number of alkyl halides is 3. The van der Waals surface area contributed by atoms with Crippen molar-refractivity contribution in [2.75, 3.05) is 24.5 Å². The van der Waals surface area contributed by atoms with E-state index in [2.05, 4.69) is 21.2 Å². The van der Waals surface area contributed by atoms with Crippen molar-refractivity contribution in [2.45, 2.75) is 25.1 Å². The second-order valence-corrected chi connectivity index (χ2v) is 6.44. The van der Waals surface area contributed by atoms with Crippen molar-refractivity contribution in [2.24, 2.45) is 5.92 Å². The highest BCUT2D eigenvalue weighted by atomic mass is 79.9. The first kappa shape index (κ1) is 14.2. The number of hydrogen-bond acceptors (Lipinski definition) is 2. The molecule has 1 N–H and O–H groups in total. The predicted octanol–water partition coefficient (Wildman–Crippen LogP) is 3.66. The van der Waals surface area contributed by atoms with E-state index >= 15 is 0 Å². The van der Waals surface area contributed by atoms with Crippen molar-refractivity contribution in [3.05, 3.63) is 28.2 Å². The number of rotatable bonds is 1. The number of nitrogens with zero attached hydrogens (tertiary/aromatic N) is 1. The summed E-state index contributed by atoms with van der Waals surface area (Å²) in [6, 6.07) is 4.52. The van der Waals surface area contributed by atoms with Gasteiger partial charge in [0.1, 0.15) is 0 Å². The van der Waals surface area contributed by atoms with Crippen LogP contribution in [0, 0.1) is 5.92 Å². The first-order valence-electron chi connectivity index (χ1n) is 6.80. The van der Waals surface area contributed by atoms with Crippen LogP contribution in [0.3, 0.4) is 0 Å². The average Bonchev–Trinajstić information content (AvgIpc) is 2.80. The second-order valence-electron chi connectivity index (χ2n) is 5.53. The molecule has 1 aromatic rings. The quantitative estimate of drug-likeness (QED) is 0.833. The van der Waals surface area contributed by atoms with Gasteiger partial charge in [0.15, 0.2) is 0 Å². The van der Waals surface area contributed by atoms with Crippen LogP contribution in [0.2, 0.25) is 0 Å². The van der Waals surface area contributed by atoms with E-state index in [-0.39, 0.29) is 0 Å². The van der Waals surface area contributed by atoms with Crippen LogP contribution >= 0.6 is 15.9 Å². The average molecular weight is 349 g/mol. The number of nitrogens with one attached hydrogen (secondary N) is 1. The van der Waals surface area contributed by atoms with E-state index in [1.165, 1.54) is 6.07 Å². The molecule has 0 amide bonds. The zero-order chi connectivity index (χ0) is 14.3. The molecule has 110 valence electrons. The molecule has 0 aromatic heterocycles. The molecule has 0 bridgehead atoms. The Morgan fingerprint density at radius 2 is 2.05 bits per heavy atom. The number of fused-ring (bicyclic) bond motifs is 1. The highest BCUT2D eigenvalue weighted by Gasteiger charge is 2.39. The molecule has 2 unspecified atom stereocenters. The molecule has 2 atom stereocenters. The van der Waals surface area contributed by atoms with E-state index in [4.69, 9.17) is 0 Å². The van der Waals surface area contributed by atoms with Crippen molar-refractivity contribution < 1.29 is 13.2 Å². The summed E-state index contributed by atoms with van der Waals surface area (Å²) in [7, 11) is 0. The Morgan fingerprint density at radius 3 is 2.75 bits per heavy atom. The molecule has 0 radical (unpaired) electrons. The SMILES string of the molecule is FC(F)(F)c1ccc(Br)cc1N1CC2CCCNC2C1. The number of benzene rings is 1. The summed E-state index contributed by atoms with van der Waals surface area (Å²) in [5, 5.41) is 3.42. The molecular formula is C14H16BrF3N2. The van der Waals surface area contributed by atoms with Crippen molar-refractivity contribution in [1.29, 1.82) is 0 Å². The fourth-order valence-corrected chi connectivity index (χ4v) is 3.60. The fourth-order valence-electron chi connectivity index (χ4n) is 3.25. The Hall–Kier alpha value is -0.750. The molecule has 2 saturated heterocycles. The van der Waals surface area contributed by atoms with E-state index in [0.29, 0.717) is 35.2 Å². The van der Waals surface area contributed by atoms with Crippen molar-refractivity contribution in [3.8, 4) is 0 Å². The maximum absolute atomic E-state index is 13.1. The molecule has 2 nitrogen and oxygen atoms in total. The lowest BCUT2D eigenvalue weighted by Crippen LogP contribution is -2.40. The third kappa shape index (κ3) is 2.68. The lowest BCUT2D eigenvalue weighted by atomic mass is 9.94. The molecule has 6 heteroatoms. The van der Waals surface area contributed by atoms with Crippen LogP contribution in [0.5, 0.6) is 0 Å². The summed E-state index contributed by atoms with van der Waals surface area (Å²) in [4.78, 5) is 1.88. The maximum atomic E-state index is 13.1. The third-order valence-electron chi connectivity index (χ3n) is 4.21. The van der Waals surface area contributed by atoms with Gasteiger partial charge in [0.25, 0.3) is 0 Å². The van der Waals surface area contributed by atoms with Gasteiger partial charge in [-0.15, -0.1) is 0 Å². The van der Waals surface area contributed by atoms with Gasteiger partial charge in [-0.3, -0.25) is 0 Å². The minimum absolute atomic E-state index is 0.295. The van der Waals surface area contributed by atoms with Crippen LogP contribution in [-0.2, 0) is 6.18 Å². The largest absolute Gasteiger partial charge is 0.418 e. The zero-order valence-corrected chi connectivity index (χ0v) is 12.5. The molecule has 2 aliphatic heterocycles. The van der Waals surface area contributed by atoms with Gasteiger partial charge in [0.05, 0.1) is 11.3 Å². The number of piperidine rings is 1. The lowest BCUT2D eigenvalue weighted by molar-refractivity contribution is -0.137. The molecule has 2 fully saturated rings. The third-order valence-corrected chi connectivity index (χ3v) is 4.70. The van der Waals surface area contributed by atoms with Crippen LogP contribution in [0.25, 0.3) is 0 Å². The van der Waals surface area contributed by atoms with Crippen LogP contribution < -0.4 is 10.2 Å². The van der Waals surface area contributed by atoms with Crippen LogP contribution in [0.15, 0.2) is 22.7 Å². The van der Waals surface area contributed by atoms with Gasteiger partial charge < -0.3 is 10.2 Å². The van der Waals surface area contributed by atoms with Gasteiger partial charge in [-0.25, -0.2) is 0 Å². The van der Waals surface area contributed by atoms with Gasteiger partial charge >= 0.3 is 6.18 Å². The maximum Gasteiger partial charge on any atom is 0.418 e. The topological polar surface area (TPSA) is 15.3 Å². The van der Waals surface area contributed by atoms with E-state index in [0.717, 1.165) is 25.5 Å². The molecule has 2 heterocycles. The summed E-state index contributed by atoms with van der Waals surface area (Å²) in [6.07, 6.45) is -2.10. The molecular weight excluding hydrogens is 333 g/mol. The number of anilines is 1. The Kier molecular flexibility index (Phi) is 3.71. The van der Waals surface area contributed by atoms with Gasteiger partial charge in [-0.05, 0) is 43.5 Å².